The normalized spacial score (nSPS) is 11.2. The van der Waals surface area contributed by atoms with Crippen LogP contribution in [0.3, 0.4) is 0 Å². The van der Waals surface area contributed by atoms with Crippen LogP contribution in [0.4, 0.5) is 17.1 Å². The van der Waals surface area contributed by atoms with Crippen molar-refractivity contribution in [2.45, 2.75) is 47.0 Å². The van der Waals surface area contributed by atoms with E-state index in [4.69, 9.17) is 0 Å². The van der Waals surface area contributed by atoms with Crippen molar-refractivity contribution in [1.82, 2.24) is 0 Å². The highest BCUT2D eigenvalue weighted by molar-refractivity contribution is 5.93. The summed E-state index contributed by atoms with van der Waals surface area (Å²) in [6, 6.07) is 0. The third-order valence-electron chi connectivity index (χ3n) is 3.35. The molecule has 1 amide bonds. The van der Waals surface area contributed by atoms with E-state index in [0.717, 1.165) is 0 Å². The minimum atomic E-state index is -0.797. The molecule has 1 aromatic carbocycles. The molecule has 0 saturated carbocycles. The van der Waals surface area contributed by atoms with E-state index in [1.54, 1.807) is 20.8 Å². The van der Waals surface area contributed by atoms with Gasteiger partial charge < -0.3 is 5.32 Å². The monoisotopic (exact) mass is 309 g/mol. The Morgan fingerprint density at radius 1 is 1.00 bits per heavy atom. The lowest BCUT2D eigenvalue weighted by molar-refractivity contribution is -0.396. The van der Waals surface area contributed by atoms with Gasteiger partial charge >= 0.3 is 0 Å². The average Bonchev–Trinajstić information content (AvgIpc) is 2.31. The summed E-state index contributed by atoms with van der Waals surface area (Å²) in [5, 5.41) is 25.4. The van der Waals surface area contributed by atoms with Crippen molar-refractivity contribution in [3.05, 3.63) is 36.9 Å². The number of carbonyl (C=O) groups is 1. The highest BCUT2D eigenvalue weighted by Gasteiger charge is 2.39. The van der Waals surface area contributed by atoms with E-state index in [1.165, 1.54) is 20.8 Å². The van der Waals surface area contributed by atoms with Crippen molar-refractivity contribution in [2.75, 3.05) is 5.32 Å². The Bertz CT molecular complexity index is 633. The third kappa shape index (κ3) is 3.05. The molecule has 1 rings (SSSR count). The Hall–Kier alpha value is -2.51. The molecular weight excluding hydrogens is 290 g/mol. The van der Waals surface area contributed by atoms with Gasteiger partial charge in [0.25, 0.3) is 11.4 Å². The third-order valence-corrected chi connectivity index (χ3v) is 3.35. The lowest BCUT2D eigenvalue weighted by atomic mass is 9.81. The first-order chi connectivity index (χ1) is 9.89. The summed E-state index contributed by atoms with van der Waals surface area (Å²) in [6.45, 7) is 9.25. The molecule has 0 radical (unpaired) electrons. The zero-order valence-electron chi connectivity index (χ0n) is 13.4. The molecule has 0 unspecified atom stereocenters. The molecule has 0 aromatic heterocycles. The van der Waals surface area contributed by atoms with Crippen LogP contribution < -0.4 is 5.32 Å². The van der Waals surface area contributed by atoms with Crippen LogP contribution in [0, 0.1) is 34.1 Å². The first-order valence-corrected chi connectivity index (χ1v) is 6.63. The number of nitro benzene ring substituents is 2. The molecule has 0 aliphatic rings. The summed E-state index contributed by atoms with van der Waals surface area (Å²) in [6.07, 6.45) is 0. The van der Waals surface area contributed by atoms with Gasteiger partial charge in [-0.3, -0.25) is 25.0 Å². The van der Waals surface area contributed by atoms with Crippen molar-refractivity contribution < 1.29 is 14.6 Å². The SMILES string of the molecule is CC(=O)Nc1c(C)c([N+](=O)[O-])c(C(C)(C)C)c([N+](=O)[O-])c1C. The summed E-state index contributed by atoms with van der Waals surface area (Å²) in [5.74, 6) is -0.446. The standard InChI is InChI=1S/C14H19N3O5/c1-7-11(15-9(3)18)8(2)13(17(21)22)10(14(4,5)6)12(7)16(19)20/h1-6H3,(H,15,18). The number of nitrogens with zero attached hydrogens (tertiary/aromatic N) is 2. The maximum absolute atomic E-state index is 11.5. The highest BCUT2D eigenvalue weighted by atomic mass is 16.6. The van der Waals surface area contributed by atoms with Crippen molar-refractivity contribution in [3.63, 3.8) is 0 Å². The summed E-state index contributed by atoms with van der Waals surface area (Å²) >= 11 is 0. The number of hydrogen-bond acceptors (Lipinski definition) is 5. The number of carbonyl (C=O) groups excluding carboxylic acids is 1. The first kappa shape index (κ1) is 17.5. The Kier molecular flexibility index (Phi) is 4.55. The Morgan fingerprint density at radius 2 is 1.36 bits per heavy atom. The molecule has 0 aliphatic heterocycles. The van der Waals surface area contributed by atoms with Crippen LogP contribution in [0.2, 0.25) is 0 Å². The van der Waals surface area contributed by atoms with Crippen molar-refractivity contribution in [2.24, 2.45) is 0 Å². The van der Waals surface area contributed by atoms with Crippen LogP contribution in [0.25, 0.3) is 0 Å². The zero-order chi connectivity index (χ0) is 17.4. The van der Waals surface area contributed by atoms with Crippen LogP contribution in [0.5, 0.6) is 0 Å². The number of hydrogen-bond donors (Lipinski definition) is 1. The number of nitrogens with one attached hydrogen (secondary N) is 1. The maximum atomic E-state index is 11.5. The molecule has 0 heterocycles. The zero-order valence-corrected chi connectivity index (χ0v) is 13.4. The number of nitro groups is 2. The van der Waals surface area contributed by atoms with Gasteiger partial charge in [0.1, 0.15) is 5.56 Å². The molecule has 0 aliphatic carbocycles. The second-order valence-electron chi connectivity index (χ2n) is 6.14. The van der Waals surface area contributed by atoms with Gasteiger partial charge in [0.15, 0.2) is 0 Å². The van der Waals surface area contributed by atoms with Crippen LogP contribution >= 0.6 is 0 Å². The first-order valence-electron chi connectivity index (χ1n) is 6.63. The predicted molar refractivity (Wildman–Crippen MR) is 82.2 cm³/mol. The molecule has 8 nitrogen and oxygen atoms in total. The summed E-state index contributed by atoms with van der Waals surface area (Å²) in [5.41, 5.74) is -0.830. The largest absolute Gasteiger partial charge is 0.325 e. The van der Waals surface area contributed by atoms with Crippen molar-refractivity contribution in [3.8, 4) is 0 Å². The Balaban J connectivity index is 4.04. The highest BCUT2D eigenvalue weighted by Crippen LogP contribution is 2.46. The minimum absolute atomic E-state index is 0.0617. The fourth-order valence-corrected chi connectivity index (χ4v) is 2.54. The van der Waals surface area contributed by atoms with Gasteiger partial charge in [-0.05, 0) is 13.8 Å². The molecule has 1 aromatic rings. The minimum Gasteiger partial charge on any atom is -0.325 e. The van der Waals surface area contributed by atoms with Crippen LogP contribution in [0.1, 0.15) is 44.4 Å². The van der Waals surface area contributed by atoms with Crippen molar-refractivity contribution in [1.29, 1.82) is 0 Å². The molecule has 22 heavy (non-hydrogen) atoms. The Morgan fingerprint density at radius 3 is 1.59 bits per heavy atom. The number of amides is 1. The van der Waals surface area contributed by atoms with Gasteiger partial charge in [0.05, 0.1) is 26.7 Å². The van der Waals surface area contributed by atoms with Gasteiger partial charge in [-0.2, -0.15) is 0 Å². The maximum Gasteiger partial charge on any atom is 0.284 e. The van der Waals surface area contributed by atoms with Gasteiger partial charge in [-0.1, -0.05) is 20.8 Å². The van der Waals surface area contributed by atoms with Crippen LogP contribution in [-0.4, -0.2) is 15.8 Å². The average molecular weight is 309 g/mol. The predicted octanol–water partition coefficient (Wildman–Crippen LogP) is 3.38. The quantitative estimate of drug-likeness (QED) is 0.678. The molecule has 1 N–H and O–H groups in total. The topological polar surface area (TPSA) is 115 Å². The Labute approximate surface area is 127 Å². The van der Waals surface area contributed by atoms with E-state index < -0.39 is 21.2 Å². The van der Waals surface area contributed by atoms with Crippen LogP contribution in [-0.2, 0) is 10.2 Å². The van der Waals surface area contributed by atoms with E-state index in [1.807, 2.05) is 0 Å². The van der Waals surface area contributed by atoms with E-state index in [0.29, 0.717) is 0 Å². The number of benzene rings is 1. The second-order valence-corrected chi connectivity index (χ2v) is 6.14. The molecule has 0 atom stereocenters. The van der Waals surface area contributed by atoms with Gasteiger partial charge in [0, 0.05) is 12.3 Å². The molecule has 120 valence electrons. The van der Waals surface area contributed by atoms with Crippen molar-refractivity contribution >= 4 is 23.0 Å². The van der Waals surface area contributed by atoms with E-state index in [-0.39, 0.29) is 33.8 Å². The van der Waals surface area contributed by atoms with Crippen LogP contribution in [0.15, 0.2) is 0 Å². The van der Waals surface area contributed by atoms with E-state index >= 15 is 0 Å². The molecule has 8 heteroatoms. The molecular formula is C14H19N3O5. The van der Waals surface area contributed by atoms with Gasteiger partial charge in [-0.25, -0.2) is 0 Å². The van der Waals surface area contributed by atoms with E-state index in [9.17, 15) is 25.0 Å². The molecule has 0 fully saturated rings. The molecule has 0 saturated heterocycles. The lowest BCUT2D eigenvalue weighted by Gasteiger charge is -2.22. The number of rotatable bonds is 3. The van der Waals surface area contributed by atoms with Gasteiger partial charge in [0.2, 0.25) is 5.91 Å². The smallest absolute Gasteiger partial charge is 0.284 e. The fraction of sp³-hybridized carbons (Fsp3) is 0.500. The molecule has 0 spiro atoms. The summed E-state index contributed by atoms with van der Waals surface area (Å²) < 4.78 is 0. The second kappa shape index (κ2) is 5.70. The van der Waals surface area contributed by atoms with Gasteiger partial charge in [-0.15, -0.1) is 0 Å². The lowest BCUT2D eigenvalue weighted by Crippen LogP contribution is -2.20. The fourth-order valence-electron chi connectivity index (χ4n) is 2.54. The summed E-state index contributed by atoms with van der Waals surface area (Å²) in [4.78, 5) is 33.0. The number of anilines is 1. The van der Waals surface area contributed by atoms with E-state index in [2.05, 4.69) is 5.32 Å². The summed E-state index contributed by atoms with van der Waals surface area (Å²) in [7, 11) is 0. The molecule has 0 bridgehead atoms.